The van der Waals surface area contributed by atoms with Crippen molar-refractivity contribution in [2.45, 2.75) is 12.6 Å². The van der Waals surface area contributed by atoms with Crippen molar-refractivity contribution in [1.82, 2.24) is 16.0 Å². The highest BCUT2D eigenvalue weighted by atomic mass is 19.2. The first-order valence-corrected chi connectivity index (χ1v) is 7.91. The molecule has 0 radical (unpaired) electrons. The lowest BCUT2D eigenvalue weighted by Crippen LogP contribution is -2.39. The largest absolute Gasteiger partial charge is 0.357 e. The summed E-state index contributed by atoms with van der Waals surface area (Å²) in [5, 5.41) is 7.27. The number of carbonyl (C=O) groups excluding carboxylic acids is 3. The van der Waals surface area contributed by atoms with Gasteiger partial charge in [0.25, 0.3) is 5.91 Å². The highest BCUT2D eigenvalue weighted by Gasteiger charge is 2.23. The molecule has 27 heavy (non-hydrogen) atoms. The fourth-order valence-electron chi connectivity index (χ4n) is 2.31. The summed E-state index contributed by atoms with van der Waals surface area (Å²) in [7, 11) is 1.36. The molecule has 2 rings (SSSR count). The standard InChI is InChI=1S/C18H18F2N4O3/c1-22-17(26)15(12-6-7-13(19)14(20)8-12)24-16(25)11-4-2-10(3-5-11)9-23-18(21)27/h2-8,15H,9H2,1H3,(H,22,26)(H,24,25)(H3,21,23,27). The minimum Gasteiger partial charge on any atom is -0.357 e. The van der Waals surface area contributed by atoms with Crippen molar-refractivity contribution in [2.75, 3.05) is 7.05 Å². The molecular weight excluding hydrogens is 358 g/mol. The quantitative estimate of drug-likeness (QED) is 0.610. The zero-order chi connectivity index (χ0) is 20.0. The number of benzene rings is 2. The first-order valence-electron chi connectivity index (χ1n) is 7.91. The van der Waals surface area contributed by atoms with Crippen LogP contribution >= 0.6 is 0 Å². The monoisotopic (exact) mass is 376 g/mol. The van der Waals surface area contributed by atoms with Crippen LogP contribution in [0.1, 0.15) is 27.5 Å². The fraction of sp³-hybridized carbons (Fsp3) is 0.167. The Hall–Kier alpha value is -3.49. The van der Waals surface area contributed by atoms with Gasteiger partial charge in [0.2, 0.25) is 5.91 Å². The van der Waals surface area contributed by atoms with Gasteiger partial charge in [0.1, 0.15) is 6.04 Å². The Morgan fingerprint density at radius 3 is 2.26 bits per heavy atom. The number of nitrogens with two attached hydrogens (primary N) is 1. The van der Waals surface area contributed by atoms with E-state index in [4.69, 9.17) is 5.73 Å². The zero-order valence-electron chi connectivity index (χ0n) is 14.4. The third kappa shape index (κ3) is 5.24. The number of halogens is 2. The van der Waals surface area contributed by atoms with Crippen LogP contribution in [-0.2, 0) is 11.3 Å². The molecule has 0 fully saturated rings. The van der Waals surface area contributed by atoms with E-state index in [0.717, 1.165) is 12.1 Å². The van der Waals surface area contributed by atoms with Crippen molar-refractivity contribution in [2.24, 2.45) is 5.73 Å². The second-order valence-electron chi connectivity index (χ2n) is 5.61. The fourth-order valence-corrected chi connectivity index (χ4v) is 2.31. The summed E-state index contributed by atoms with van der Waals surface area (Å²) < 4.78 is 26.6. The smallest absolute Gasteiger partial charge is 0.312 e. The lowest BCUT2D eigenvalue weighted by atomic mass is 10.0. The Balaban J connectivity index is 2.17. The molecule has 0 spiro atoms. The molecular formula is C18H18F2N4O3. The summed E-state index contributed by atoms with van der Waals surface area (Å²) in [5.74, 6) is -3.35. The summed E-state index contributed by atoms with van der Waals surface area (Å²) in [6.45, 7) is 0.201. The van der Waals surface area contributed by atoms with E-state index in [2.05, 4.69) is 16.0 Å². The maximum absolute atomic E-state index is 13.5. The van der Waals surface area contributed by atoms with Crippen molar-refractivity contribution in [3.63, 3.8) is 0 Å². The summed E-state index contributed by atoms with van der Waals surface area (Å²) in [6, 6.07) is 7.30. The van der Waals surface area contributed by atoms with Gasteiger partial charge in [0.15, 0.2) is 11.6 Å². The number of hydrogen-bond acceptors (Lipinski definition) is 3. The van der Waals surface area contributed by atoms with E-state index >= 15 is 0 Å². The number of amides is 4. The Kier molecular flexibility index (Phi) is 6.42. The lowest BCUT2D eigenvalue weighted by Gasteiger charge is -2.18. The van der Waals surface area contributed by atoms with E-state index < -0.39 is 35.5 Å². The molecule has 0 saturated heterocycles. The molecule has 142 valence electrons. The third-order valence-electron chi connectivity index (χ3n) is 3.74. The molecule has 7 nitrogen and oxygen atoms in total. The molecule has 2 aromatic carbocycles. The maximum Gasteiger partial charge on any atom is 0.312 e. The van der Waals surface area contributed by atoms with Crippen molar-refractivity contribution < 1.29 is 23.2 Å². The second kappa shape index (κ2) is 8.75. The molecule has 0 aliphatic carbocycles. The number of hydrogen-bond donors (Lipinski definition) is 4. The van der Waals surface area contributed by atoms with E-state index in [1.165, 1.54) is 25.2 Å². The Morgan fingerprint density at radius 2 is 1.70 bits per heavy atom. The minimum absolute atomic E-state index is 0.101. The van der Waals surface area contributed by atoms with E-state index in [-0.39, 0.29) is 17.7 Å². The predicted molar refractivity (Wildman–Crippen MR) is 93.5 cm³/mol. The highest BCUT2D eigenvalue weighted by molar-refractivity contribution is 5.97. The van der Waals surface area contributed by atoms with Gasteiger partial charge in [-0.05, 0) is 35.4 Å². The van der Waals surface area contributed by atoms with Gasteiger partial charge in [-0.1, -0.05) is 18.2 Å². The third-order valence-corrected chi connectivity index (χ3v) is 3.74. The summed E-state index contributed by atoms with van der Waals surface area (Å²) in [5.41, 5.74) is 6.05. The number of rotatable bonds is 6. The summed E-state index contributed by atoms with van der Waals surface area (Å²) in [6.07, 6.45) is 0. The summed E-state index contributed by atoms with van der Waals surface area (Å²) >= 11 is 0. The number of likely N-dealkylation sites (N-methyl/N-ethyl adjacent to an activating group) is 1. The number of urea groups is 1. The molecule has 1 unspecified atom stereocenters. The molecule has 1 atom stereocenters. The molecule has 0 aromatic heterocycles. The van der Waals surface area contributed by atoms with Gasteiger partial charge in [-0.25, -0.2) is 13.6 Å². The van der Waals surface area contributed by atoms with Gasteiger partial charge in [-0.3, -0.25) is 9.59 Å². The van der Waals surface area contributed by atoms with E-state index in [0.29, 0.717) is 5.56 Å². The normalized spacial score (nSPS) is 11.4. The minimum atomic E-state index is -1.20. The first kappa shape index (κ1) is 19.8. The molecule has 5 N–H and O–H groups in total. The van der Waals surface area contributed by atoms with Gasteiger partial charge in [-0.2, -0.15) is 0 Å². The van der Waals surface area contributed by atoms with Gasteiger partial charge >= 0.3 is 6.03 Å². The molecule has 9 heteroatoms. The Morgan fingerprint density at radius 1 is 1.04 bits per heavy atom. The zero-order valence-corrected chi connectivity index (χ0v) is 14.4. The van der Waals surface area contributed by atoms with Crippen LogP contribution in [-0.4, -0.2) is 24.9 Å². The Bertz CT molecular complexity index is 856. The van der Waals surface area contributed by atoms with Crippen LogP contribution in [0.4, 0.5) is 13.6 Å². The van der Waals surface area contributed by atoms with E-state index in [1.807, 2.05) is 0 Å². The van der Waals surface area contributed by atoms with Gasteiger partial charge in [0, 0.05) is 19.2 Å². The molecule has 0 saturated carbocycles. The number of nitrogens with one attached hydrogen (secondary N) is 3. The topological polar surface area (TPSA) is 113 Å². The van der Waals surface area contributed by atoms with Gasteiger partial charge < -0.3 is 21.7 Å². The van der Waals surface area contributed by atoms with Crippen LogP contribution in [0.3, 0.4) is 0 Å². The van der Waals surface area contributed by atoms with Crippen LogP contribution in [0.2, 0.25) is 0 Å². The molecule has 0 bridgehead atoms. The molecule has 0 heterocycles. The molecule has 2 aromatic rings. The van der Waals surface area contributed by atoms with E-state index in [1.54, 1.807) is 12.1 Å². The van der Waals surface area contributed by atoms with Crippen LogP contribution in [0, 0.1) is 11.6 Å². The van der Waals surface area contributed by atoms with Crippen LogP contribution in [0.25, 0.3) is 0 Å². The molecule has 0 aliphatic heterocycles. The van der Waals surface area contributed by atoms with Gasteiger partial charge in [0.05, 0.1) is 0 Å². The van der Waals surface area contributed by atoms with Crippen LogP contribution in [0.5, 0.6) is 0 Å². The van der Waals surface area contributed by atoms with E-state index in [9.17, 15) is 23.2 Å². The summed E-state index contributed by atoms with van der Waals surface area (Å²) in [4.78, 5) is 35.2. The number of primary amides is 1. The average molecular weight is 376 g/mol. The average Bonchev–Trinajstić information content (AvgIpc) is 2.66. The number of carbonyl (C=O) groups is 3. The second-order valence-corrected chi connectivity index (χ2v) is 5.61. The predicted octanol–water partition coefficient (Wildman–Crippen LogP) is 1.35. The first-order chi connectivity index (χ1) is 12.8. The SMILES string of the molecule is CNC(=O)C(NC(=O)c1ccc(CNC(N)=O)cc1)c1ccc(F)c(F)c1. The van der Waals surface area contributed by atoms with Crippen molar-refractivity contribution in [1.29, 1.82) is 0 Å². The van der Waals surface area contributed by atoms with Crippen molar-refractivity contribution in [3.8, 4) is 0 Å². The van der Waals surface area contributed by atoms with Crippen molar-refractivity contribution >= 4 is 17.8 Å². The lowest BCUT2D eigenvalue weighted by molar-refractivity contribution is -0.122. The van der Waals surface area contributed by atoms with Gasteiger partial charge in [-0.15, -0.1) is 0 Å². The van der Waals surface area contributed by atoms with Crippen LogP contribution < -0.4 is 21.7 Å². The van der Waals surface area contributed by atoms with Crippen LogP contribution in [0.15, 0.2) is 42.5 Å². The Labute approximate surface area is 153 Å². The molecule has 0 aliphatic rings. The maximum atomic E-state index is 13.5. The highest BCUT2D eigenvalue weighted by Crippen LogP contribution is 2.18. The molecule has 4 amide bonds. The van der Waals surface area contributed by atoms with Crippen molar-refractivity contribution in [3.05, 3.63) is 70.8 Å².